The van der Waals surface area contributed by atoms with Crippen LogP contribution in [0.2, 0.25) is 0 Å². The van der Waals surface area contributed by atoms with Gasteiger partial charge in [0.1, 0.15) is 0 Å². The number of nitrogens with one attached hydrogen (secondary N) is 1. The Morgan fingerprint density at radius 2 is 2.06 bits per heavy atom. The van der Waals surface area contributed by atoms with E-state index in [1.807, 2.05) is 6.92 Å². The maximum Gasteiger partial charge on any atom is 0.167 e. The van der Waals surface area contributed by atoms with Crippen LogP contribution in [0, 0.1) is 5.82 Å². The van der Waals surface area contributed by atoms with Gasteiger partial charge in [-0.05, 0) is 6.42 Å². The summed E-state index contributed by atoms with van der Waals surface area (Å²) in [6.07, 6.45) is 0.766. The number of nitrogens with two attached hydrogens (primary N) is 1. The molecule has 0 aliphatic rings. The summed E-state index contributed by atoms with van der Waals surface area (Å²) in [7, 11) is 0. The van der Waals surface area contributed by atoms with Crippen LogP contribution in [0.1, 0.15) is 13.3 Å². The van der Waals surface area contributed by atoms with Gasteiger partial charge in [0, 0.05) is 12.1 Å². The van der Waals surface area contributed by atoms with Crippen molar-refractivity contribution in [3.8, 4) is 5.75 Å². The normalized spacial score (nSPS) is 10.7. The van der Waals surface area contributed by atoms with E-state index in [0.717, 1.165) is 12.5 Å². The molecule has 0 unspecified atom stereocenters. The molecule has 1 aromatic carbocycles. The van der Waals surface area contributed by atoms with Gasteiger partial charge in [0.15, 0.2) is 11.6 Å². The van der Waals surface area contributed by atoms with Crippen molar-refractivity contribution >= 4 is 11.4 Å². The highest BCUT2D eigenvalue weighted by Gasteiger charge is 2.12. The van der Waals surface area contributed by atoms with Crippen molar-refractivity contribution in [1.82, 2.24) is 0 Å². The van der Waals surface area contributed by atoms with Gasteiger partial charge in [-0.15, -0.1) is 0 Å². The Morgan fingerprint density at radius 1 is 1.39 bits per heavy atom. The minimum Gasteiger partial charge on any atom is -0.490 e. The van der Waals surface area contributed by atoms with Crippen molar-refractivity contribution in [3.63, 3.8) is 0 Å². The molecule has 6 heteroatoms. The summed E-state index contributed by atoms with van der Waals surface area (Å²) < 4.78 is 18.8. The van der Waals surface area contributed by atoms with Gasteiger partial charge >= 0.3 is 0 Å². The van der Waals surface area contributed by atoms with E-state index >= 15 is 0 Å². The van der Waals surface area contributed by atoms with Gasteiger partial charge in [-0.3, -0.25) is 0 Å². The van der Waals surface area contributed by atoms with Crippen LogP contribution in [0.4, 0.5) is 15.8 Å². The van der Waals surface area contributed by atoms with Crippen molar-refractivity contribution < 1.29 is 19.3 Å². The average molecular weight is 258 g/mol. The average Bonchev–Trinajstić information content (AvgIpc) is 2.36. The zero-order valence-electron chi connectivity index (χ0n) is 10.3. The van der Waals surface area contributed by atoms with Crippen molar-refractivity contribution in [1.29, 1.82) is 0 Å². The molecule has 0 bridgehead atoms. The highest BCUT2D eigenvalue weighted by molar-refractivity contribution is 5.69. The van der Waals surface area contributed by atoms with Crippen molar-refractivity contribution in [3.05, 3.63) is 17.9 Å². The molecular weight excluding hydrogens is 239 g/mol. The third-order valence-electron chi connectivity index (χ3n) is 2.37. The third-order valence-corrected chi connectivity index (χ3v) is 2.37. The van der Waals surface area contributed by atoms with Crippen LogP contribution < -0.4 is 15.8 Å². The van der Waals surface area contributed by atoms with Crippen LogP contribution in [-0.4, -0.2) is 36.1 Å². The van der Waals surface area contributed by atoms with Gasteiger partial charge in [-0.25, -0.2) is 4.39 Å². The number of nitrogen functional groups attached to an aromatic ring is 1. The SMILES string of the molecule is CCCOc1cc(NC(CO)CO)c(N)cc1F. The van der Waals surface area contributed by atoms with Crippen LogP contribution in [0.25, 0.3) is 0 Å². The second-order valence-electron chi connectivity index (χ2n) is 3.92. The number of rotatable bonds is 7. The lowest BCUT2D eigenvalue weighted by Crippen LogP contribution is -2.28. The van der Waals surface area contributed by atoms with E-state index in [1.165, 1.54) is 6.07 Å². The third kappa shape index (κ3) is 3.75. The van der Waals surface area contributed by atoms with Gasteiger partial charge in [0.25, 0.3) is 0 Å². The molecule has 0 aliphatic carbocycles. The zero-order valence-corrected chi connectivity index (χ0v) is 10.3. The fraction of sp³-hybridized carbons (Fsp3) is 0.500. The van der Waals surface area contributed by atoms with E-state index in [-0.39, 0.29) is 24.7 Å². The highest BCUT2D eigenvalue weighted by Crippen LogP contribution is 2.28. The first-order chi connectivity index (χ1) is 8.62. The summed E-state index contributed by atoms with van der Waals surface area (Å²) in [6.45, 7) is 1.82. The van der Waals surface area contributed by atoms with E-state index in [9.17, 15) is 4.39 Å². The maximum atomic E-state index is 13.5. The standard InChI is InChI=1S/C12H19FN2O3/c1-2-3-18-12-5-11(10(14)4-9(12)13)15-8(6-16)7-17/h4-5,8,15-17H,2-3,6-7,14H2,1H3. The zero-order chi connectivity index (χ0) is 13.5. The van der Waals surface area contributed by atoms with Gasteiger partial charge in [-0.1, -0.05) is 6.92 Å². The molecule has 1 aromatic rings. The molecule has 5 nitrogen and oxygen atoms in total. The molecule has 0 saturated carbocycles. The maximum absolute atomic E-state index is 13.5. The van der Waals surface area contributed by atoms with E-state index in [0.29, 0.717) is 12.3 Å². The molecule has 0 spiro atoms. The Hall–Kier alpha value is -1.53. The first kappa shape index (κ1) is 14.5. The molecule has 0 radical (unpaired) electrons. The van der Waals surface area contributed by atoms with Crippen molar-refractivity contribution in [2.24, 2.45) is 0 Å². The summed E-state index contributed by atoms with van der Waals surface area (Å²) in [5, 5.41) is 20.8. The minimum absolute atomic E-state index is 0.100. The number of hydrogen-bond donors (Lipinski definition) is 4. The van der Waals surface area contributed by atoms with Gasteiger partial charge in [-0.2, -0.15) is 0 Å². The summed E-state index contributed by atoms with van der Waals surface area (Å²) in [5.74, 6) is -0.431. The molecule has 0 atom stereocenters. The highest BCUT2D eigenvalue weighted by atomic mass is 19.1. The summed E-state index contributed by atoms with van der Waals surface area (Å²) in [5.41, 5.74) is 6.28. The quantitative estimate of drug-likeness (QED) is 0.547. The molecule has 0 aliphatic heterocycles. The fourth-order valence-electron chi connectivity index (χ4n) is 1.39. The topological polar surface area (TPSA) is 87.7 Å². The second-order valence-corrected chi connectivity index (χ2v) is 3.92. The van der Waals surface area contributed by atoms with Crippen LogP contribution in [0.15, 0.2) is 12.1 Å². The number of hydrogen-bond acceptors (Lipinski definition) is 5. The van der Waals surface area contributed by atoms with Gasteiger partial charge in [0.05, 0.1) is 37.2 Å². The monoisotopic (exact) mass is 258 g/mol. The Morgan fingerprint density at radius 3 is 2.61 bits per heavy atom. The number of aliphatic hydroxyl groups is 2. The number of aliphatic hydroxyl groups excluding tert-OH is 2. The molecule has 0 heterocycles. The molecule has 0 amide bonds. The Balaban J connectivity index is 2.89. The van der Waals surface area contributed by atoms with Crippen LogP contribution in [0.3, 0.4) is 0 Å². The minimum atomic E-state index is -0.545. The molecule has 0 aromatic heterocycles. The molecule has 102 valence electrons. The number of ether oxygens (including phenoxy) is 1. The Kier molecular flexibility index (Phi) is 5.67. The van der Waals surface area contributed by atoms with Crippen LogP contribution in [0.5, 0.6) is 5.75 Å². The van der Waals surface area contributed by atoms with Gasteiger partial charge < -0.3 is 26.0 Å². The van der Waals surface area contributed by atoms with Crippen LogP contribution in [-0.2, 0) is 0 Å². The molecule has 0 fully saturated rings. The smallest absolute Gasteiger partial charge is 0.167 e. The lowest BCUT2D eigenvalue weighted by Gasteiger charge is -2.18. The second kappa shape index (κ2) is 7.03. The molecule has 0 saturated heterocycles. The Labute approximate surface area is 105 Å². The van der Waals surface area contributed by atoms with Crippen molar-refractivity contribution in [2.45, 2.75) is 19.4 Å². The summed E-state index contributed by atoms with van der Waals surface area (Å²) >= 11 is 0. The van der Waals surface area contributed by atoms with E-state index in [1.54, 1.807) is 0 Å². The van der Waals surface area contributed by atoms with Gasteiger partial charge in [0.2, 0.25) is 0 Å². The largest absolute Gasteiger partial charge is 0.490 e. The fourth-order valence-corrected chi connectivity index (χ4v) is 1.39. The van der Waals surface area contributed by atoms with Crippen LogP contribution >= 0.6 is 0 Å². The molecule has 18 heavy (non-hydrogen) atoms. The van der Waals surface area contributed by atoms with E-state index < -0.39 is 11.9 Å². The predicted octanol–water partition coefficient (Wildman–Crippen LogP) is 0.962. The molecule has 5 N–H and O–H groups in total. The van der Waals surface area contributed by atoms with Crippen molar-refractivity contribution in [2.75, 3.05) is 30.9 Å². The Bertz CT molecular complexity index is 384. The van der Waals surface area contributed by atoms with E-state index in [2.05, 4.69) is 5.32 Å². The molecule has 1 rings (SSSR count). The first-order valence-corrected chi connectivity index (χ1v) is 5.82. The summed E-state index contributed by atoms with van der Waals surface area (Å²) in [4.78, 5) is 0. The predicted molar refractivity (Wildman–Crippen MR) is 68.2 cm³/mol. The number of anilines is 2. The molecular formula is C12H19FN2O3. The number of halogens is 1. The summed E-state index contributed by atoms with van der Waals surface area (Å²) in [6, 6.07) is 2.04. The van der Waals surface area contributed by atoms with E-state index in [4.69, 9.17) is 20.7 Å². The first-order valence-electron chi connectivity index (χ1n) is 5.82. The number of benzene rings is 1. The lowest BCUT2D eigenvalue weighted by molar-refractivity contribution is 0.204. The lowest BCUT2D eigenvalue weighted by atomic mass is 10.2.